The number of nitrogens with zero attached hydrogens (tertiary/aromatic N) is 1. The maximum atomic E-state index is 11.8. The number of carbonyl (C=O) groups is 1. The van der Waals surface area contributed by atoms with E-state index in [1.807, 2.05) is 59.1 Å². The highest BCUT2D eigenvalue weighted by Crippen LogP contribution is 2.18. The smallest absolute Gasteiger partial charge is 0.229 e. The van der Waals surface area contributed by atoms with Crippen molar-refractivity contribution in [1.29, 1.82) is 0 Å². The van der Waals surface area contributed by atoms with E-state index >= 15 is 0 Å². The number of amides is 1. The highest BCUT2D eigenvalue weighted by molar-refractivity contribution is 5.94. The van der Waals surface area contributed by atoms with Crippen LogP contribution in [0.25, 0.3) is 0 Å². The minimum atomic E-state index is -0.372. The number of carbonyl (C=O) groups excluding carboxylic acids is 1. The largest absolute Gasteiger partial charge is 0.384 e. The van der Waals surface area contributed by atoms with Crippen LogP contribution in [0.5, 0.6) is 0 Å². The number of likely N-dealkylation sites (N-methyl/N-ethyl adjacent to an activating group) is 1. The number of anilines is 2. The van der Waals surface area contributed by atoms with Gasteiger partial charge in [-0.2, -0.15) is 0 Å². The first-order valence-corrected chi connectivity index (χ1v) is 6.59. The van der Waals surface area contributed by atoms with Gasteiger partial charge in [0.1, 0.15) is 0 Å². The van der Waals surface area contributed by atoms with Gasteiger partial charge in [0.05, 0.1) is 0 Å². The summed E-state index contributed by atoms with van der Waals surface area (Å²) < 4.78 is 0. The highest BCUT2D eigenvalue weighted by atomic mass is 16.2. The average molecular weight is 263 g/mol. The van der Waals surface area contributed by atoms with Gasteiger partial charge >= 0.3 is 0 Å². The van der Waals surface area contributed by atoms with Gasteiger partial charge in [-0.05, 0) is 38.4 Å². The zero-order valence-corrected chi connectivity index (χ0v) is 12.6. The third-order valence-electron chi connectivity index (χ3n) is 2.71. The summed E-state index contributed by atoms with van der Waals surface area (Å²) in [6, 6.07) is 7.80. The number of hydrogen-bond donors (Lipinski definition) is 2. The maximum Gasteiger partial charge on any atom is 0.229 e. The summed E-state index contributed by atoms with van der Waals surface area (Å²) in [5, 5.41) is 6.24. The van der Waals surface area contributed by atoms with Crippen LogP contribution in [0, 0.1) is 5.41 Å². The average Bonchev–Trinajstić information content (AvgIpc) is 2.29. The summed E-state index contributed by atoms with van der Waals surface area (Å²) in [7, 11) is 4.10. The molecule has 0 aromatic heterocycles. The van der Waals surface area contributed by atoms with Gasteiger partial charge in [-0.3, -0.25) is 4.79 Å². The minimum Gasteiger partial charge on any atom is -0.384 e. The predicted octanol–water partition coefficient (Wildman–Crippen LogP) is 2.64. The summed E-state index contributed by atoms with van der Waals surface area (Å²) in [6.07, 6.45) is 0. The Bertz CT molecular complexity index is 404. The number of nitrogens with one attached hydrogen (secondary N) is 2. The topological polar surface area (TPSA) is 44.4 Å². The lowest BCUT2D eigenvalue weighted by atomic mass is 9.95. The number of rotatable bonds is 5. The standard InChI is InChI=1S/C15H25N3O/c1-15(2,3)14(19)17-13-8-6-12(7-9-13)16-10-11-18(4)5/h6-9,16H,10-11H2,1-5H3,(H,17,19). The molecule has 0 heterocycles. The molecule has 0 aliphatic rings. The zero-order chi connectivity index (χ0) is 14.5. The molecule has 2 N–H and O–H groups in total. The molecular weight excluding hydrogens is 238 g/mol. The molecule has 0 aliphatic carbocycles. The molecule has 1 rings (SSSR count). The van der Waals surface area contributed by atoms with E-state index in [2.05, 4.69) is 15.5 Å². The SMILES string of the molecule is CN(C)CCNc1ccc(NC(=O)C(C)(C)C)cc1. The molecule has 0 radical (unpaired) electrons. The lowest BCUT2D eigenvalue weighted by molar-refractivity contribution is -0.123. The lowest BCUT2D eigenvalue weighted by Crippen LogP contribution is -2.27. The van der Waals surface area contributed by atoms with E-state index in [0.29, 0.717) is 0 Å². The van der Waals surface area contributed by atoms with Gasteiger partial charge in [-0.1, -0.05) is 20.8 Å². The van der Waals surface area contributed by atoms with Crippen molar-refractivity contribution in [3.05, 3.63) is 24.3 Å². The van der Waals surface area contributed by atoms with Gasteiger partial charge < -0.3 is 15.5 Å². The third kappa shape index (κ3) is 5.75. The quantitative estimate of drug-likeness (QED) is 0.858. The summed E-state index contributed by atoms with van der Waals surface area (Å²) in [4.78, 5) is 14.0. The van der Waals surface area contributed by atoms with Crippen LogP contribution in [0.15, 0.2) is 24.3 Å². The monoisotopic (exact) mass is 263 g/mol. The van der Waals surface area contributed by atoms with Crippen LogP contribution in [-0.2, 0) is 4.79 Å². The Hall–Kier alpha value is -1.55. The second-order valence-corrected chi connectivity index (χ2v) is 6.01. The molecule has 1 aromatic rings. The molecule has 4 nitrogen and oxygen atoms in total. The summed E-state index contributed by atoms with van der Waals surface area (Å²) >= 11 is 0. The van der Waals surface area contributed by atoms with Gasteiger partial charge in [0.2, 0.25) is 5.91 Å². The lowest BCUT2D eigenvalue weighted by Gasteiger charge is -2.18. The van der Waals surface area contributed by atoms with Crippen molar-refractivity contribution in [3.8, 4) is 0 Å². The molecule has 0 spiro atoms. The van der Waals surface area contributed by atoms with Crippen LogP contribution < -0.4 is 10.6 Å². The Morgan fingerprint density at radius 3 is 2.11 bits per heavy atom. The molecule has 0 fully saturated rings. The van der Waals surface area contributed by atoms with Crippen LogP contribution in [0.4, 0.5) is 11.4 Å². The fourth-order valence-corrected chi connectivity index (χ4v) is 1.41. The van der Waals surface area contributed by atoms with Crippen molar-refractivity contribution in [3.63, 3.8) is 0 Å². The molecule has 1 aromatic carbocycles. The maximum absolute atomic E-state index is 11.8. The molecule has 4 heteroatoms. The van der Waals surface area contributed by atoms with E-state index in [0.717, 1.165) is 24.5 Å². The molecule has 19 heavy (non-hydrogen) atoms. The van der Waals surface area contributed by atoms with E-state index in [1.165, 1.54) is 0 Å². The molecule has 106 valence electrons. The molecule has 0 atom stereocenters. The minimum absolute atomic E-state index is 0.0285. The van der Waals surface area contributed by atoms with Crippen molar-refractivity contribution in [2.45, 2.75) is 20.8 Å². The van der Waals surface area contributed by atoms with Crippen LogP contribution in [0.2, 0.25) is 0 Å². The number of benzene rings is 1. The first kappa shape index (κ1) is 15.5. The highest BCUT2D eigenvalue weighted by Gasteiger charge is 2.20. The normalized spacial score (nSPS) is 11.5. The molecular formula is C15H25N3O. The van der Waals surface area contributed by atoms with E-state index < -0.39 is 0 Å². The van der Waals surface area contributed by atoms with Crippen molar-refractivity contribution in [2.75, 3.05) is 37.8 Å². The van der Waals surface area contributed by atoms with Crippen molar-refractivity contribution >= 4 is 17.3 Å². The Balaban J connectivity index is 2.50. The van der Waals surface area contributed by atoms with Gasteiger partial charge in [0.15, 0.2) is 0 Å². The van der Waals surface area contributed by atoms with E-state index in [1.54, 1.807) is 0 Å². The zero-order valence-electron chi connectivity index (χ0n) is 12.6. The van der Waals surface area contributed by atoms with Crippen LogP contribution in [0.3, 0.4) is 0 Å². The summed E-state index contributed by atoms with van der Waals surface area (Å²) in [6.45, 7) is 7.60. The van der Waals surface area contributed by atoms with Crippen LogP contribution in [-0.4, -0.2) is 38.0 Å². The Kier molecular flexibility index (Phi) is 5.36. The molecule has 0 bridgehead atoms. The Labute approximate surface area is 116 Å². The third-order valence-corrected chi connectivity index (χ3v) is 2.71. The first-order chi connectivity index (χ1) is 8.79. The summed E-state index contributed by atoms with van der Waals surface area (Å²) in [5.74, 6) is 0.0285. The van der Waals surface area contributed by atoms with Gasteiger partial charge in [0.25, 0.3) is 0 Å². The van der Waals surface area contributed by atoms with Crippen LogP contribution in [0.1, 0.15) is 20.8 Å². The van der Waals surface area contributed by atoms with E-state index in [4.69, 9.17) is 0 Å². The Morgan fingerprint density at radius 2 is 1.63 bits per heavy atom. The fourth-order valence-electron chi connectivity index (χ4n) is 1.41. The Morgan fingerprint density at radius 1 is 1.11 bits per heavy atom. The van der Waals surface area contributed by atoms with Crippen molar-refractivity contribution < 1.29 is 4.79 Å². The van der Waals surface area contributed by atoms with E-state index in [-0.39, 0.29) is 11.3 Å². The second-order valence-electron chi connectivity index (χ2n) is 6.01. The predicted molar refractivity (Wildman–Crippen MR) is 81.6 cm³/mol. The van der Waals surface area contributed by atoms with Gasteiger partial charge in [-0.25, -0.2) is 0 Å². The van der Waals surface area contributed by atoms with Crippen molar-refractivity contribution in [1.82, 2.24) is 4.90 Å². The van der Waals surface area contributed by atoms with Gasteiger partial charge in [0, 0.05) is 29.9 Å². The first-order valence-electron chi connectivity index (χ1n) is 6.59. The molecule has 1 amide bonds. The second kappa shape index (κ2) is 6.57. The van der Waals surface area contributed by atoms with Gasteiger partial charge in [-0.15, -0.1) is 0 Å². The molecule has 0 saturated heterocycles. The summed E-state index contributed by atoms with van der Waals surface area (Å²) in [5.41, 5.74) is 1.52. The van der Waals surface area contributed by atoms with Crippen LogP contribution >= 0.6 is 0 Å². The number of hydrogen-bond acceptors (Lipinski definition) is 3. The fraction of sp³-hybridized carbons (Fsp3) is 0.533. The van der Waals surface area contributed by atoms with E-state index in [9.17, 15) is 4.79 Å². The molecule has 0 saturated carbocycles. The van der Waals surface area contributed by atoms with Crippen molar-refractivity contribution in [2.24, 2.45) is 5.41 Å². The molecule has 0 aliphatic heterocycles. The molecule has 0 unspecified atom stereocenters.